The molecule has 0 spiro atoms. The molecular weight excluding hydrogens is 216 g/mol. The first-order valence-corrected chi connectivity index (χ1v) is 5.89. The van der Waals surface area contributed by atoms with Gasteiger partial charge in [-0.05, 0) is 37.0 Å². The smallest absolute Gasteiger partial charge is 0.0462 e. The van der Waals surface area contributed by atoms with Crippen molar-refractivity contribution in [1.82, 2.24) is 0 Å². The van der Waals surface area contributed by atoms with Gasteiger partial charge in [-0.25, -0.2) is 0 Å². The predicted molar refractivity (Wildman–Crippen MR) is 55.7 cm³/mol. The van der Waals surface area contributed by atoms with Gasteiger partial charge >= 0.3 is 0 Å². The Balaban J connectivity index is 2.18. The Bertz CT molecular complexity index is 130. The molecule has 0 aromatic heterocycles. The first kappa shape index (κ1) is 10.5. The molecule has 0 N–H and O–H groups in total. The number of rotatable bonds is 5. The van der Waals surface area contributed by atoms with Gasteiger partial charge in [0.05, 0.1) is 0 Å². The maximum atomic E-state index is 5.06. The van der Waals surface area contributed by atoms with Crippen LogP contribution in [0.2, 0.25) is 0 Å². The van der Waals surface area contributed by atoms with Crippen LogP contribution < -0.4 is 0 Å². The van der Waals surface area contributed by atoms with E-state index in [1.165, 1.54) is 31.0 Å². The maximum Gasteiger partial charge on any atom is 0.0462 e. The van der Waals surface area contributed by atoms with Crippen LogP contribution in [-0.2, 0) is 4.74 Å². The van der Waals surface area contributed by atoms with E-state index < -0.39 is 0 Å². The third-order valence-electron chi connectivity index (χ3n) is 2.90. The third-order valence-corrected chi connectivity index (χ3v) is 4.09. The van der Waals surface area contributed by atoms with Crippen LogP contribution in [0.25, 0.3) is 0 Å². The molecule has 1 nitrogen and oxygen atoms in total. The number of methoxy groups -OCH3 is 1. The monoisotopic (exact) mass is 234 g/mol. The van der Waals surface area contributed by atoms with Gasteiger partial charge in [0.2, 0.25) is 0 Å². The molecule has 0 heterocycles. The highest BCUT2D eigenvalue weighted by molar-refractivity contribution is 9.09. The SMILES string of the molecule is COCCCC1(CBr)CC(C)C1. The van der Waals surface area contributed by atoms with Gasteiger partial charge in [-0.15, -0.1) is 0 Å². The van der Waals surface area contributed by atoms with Crippen LogP contribution >= 0.6 is 15.9 Å². The van der Waals surface area contributed by atoms with Crippen molar-refractivity contribution in [3.8, 4) is 0 Å². The predicted octanol–water partition coefficient (Wildman–Crippen LogP) is 3.22. The van der Waals surface area contributed by atoms with E-state index >= 15 is 0 Å². The van der Waals surface area contributed by atoms with Crippen molar-refractivity contribution in [2.45, 2.75) is 32.6 Å². The van der Waals surface area contributed by atoms with E-state index in [-0.39, 0.29) is 0 Å². The molecule has 0 amide bonds. The van der Waals surface area contributed by atoms with Gasteiger partial charge in [0.1, 0.15) is 0 Å². The van der Waals surface area contributed by atoms with Crippen molar-refractivity contribution >= 4 is 15.9 Å². The normalized spacial score (nSPS) is 34.8. The van der Waals surface area contributed by atoms with E-state index in [2.05, 4.69) is 22.9 Å². The lowest BCUT2D eigenvalue weighted by atomic mass is 9.62. The minimum atomic E-state index is 0.623. The molecule has 72 valence electrons. The first-order chi connectivity index (χ1) is 5.72. The lowest BCUT2D eigenvalue weighted by molar-refractivity contribution is 0.0697. The Morgan fingerprint density at radius 3 is 2.58 bits per heavy atom. The van der Waals surface area contributed by atoms with Crippen molar-refractivity contribution in [3.05, 3.63) is 0 Å². The molecule has 0 atom stereocenters. The summed E-state index contributed by atoms with van der Waals surface area (Å²) in [6, 6.07) is 0. The molecule has 1 aliphatic rings. The Hall–Kier alpha value is 0.440. The van der Waals surface area contributed by atoms with Crippen molar-refractivity contribution < 1.29 is 4.74 Å². The maximum absolute atomic E-state index is 5.06. The molecule has 0 aromatic carbocycles. The molecule has 0 aliphatic heterocycles. The lowest BCUT2D eigenvalue weighted by Gasteiger charge is -2.46. The highest BCUT2D eigenvalue weighted by Crippen LogP contribution is 2.49. The summed E-state index contributed by atoms with van der Waals surface area (Å²) in [6.45, 7) is 3.26. The summed E-state index contributed by atoms with van der Waals surface area (Å²) in [7, 11) is 1.78. The fraction of sp³-hybridized carbons (Fsp3) is 1.00. The summed E-state index contributed by atoms with van der Waals surface area (Å²) in [5, 5.41) is 1.17. The van der Waals surface area contributed by atoms with Gasteiger partial charge in [-0.3, -0.25) is 0 Å². The van der Waals surface area contributed by atoms with Gasteiger partial charge in [0, 0.05) is 19.0 Å². The minimum absolute atomic E-state index is 0.623. The van der Waals surface area contributed by atoms with Crippen molar-refractivity contribution in [2.75, 3.05) is 19.0 Å². The van der Waals surface area contributed by atoms with E-state index in [0.717, 1.165) is 12.5 Å². The highest BCUT2D eigenvalue weighted by atomic mass is 79.9. The second kappa shape index (κ2) is 4.61. The quantitative estimate of drug-likeness (QED) is 0.525. The zero-order valence-electron chi connectivity index (χ0n) is 8.11. The first-order valence-electron chi connectivity index (χ1n) is 4.77. The van der Waals surface area contributed by atoms with Gasteiger partial charge in [0.15, 0.2) is 0 Å². The van der Waals surface area contributed by atoms with Crippen LogP contribution in [0, 0.1) is 11.3 Å². The number of alkyl halides is 1. The minimum Gasteiger partial charge on any atom is -0.385 e. The number of hydrogen-bond acceptors (Lipinski definition) is 1. The van der Waals surface area contributed by atoms with Gasteiger partial charge in [-0.1, -0.05) is 22.9 Å². The Morgan fingerprint density at radius 2 is 2.17 bits per heavy atom. The number of halogens is 1. The molecule has 0 radical (unpaired) electrons. The van der Waals surface area contributed by atoms with Crippen molar-refractivity contribution in [2.24, 2.45) is 11.3 Å². The number of ether oxygens (including phenoxy) is 1. The van der Waals surface area contributed by atoms with E-state index in [9.17, 15) is 0 Å². The summed E-state index contributed by atoms with van der Waals surface area (Å²) in [5.41, 5.74) is 0.623. The summed E-state index contributed by atoms with van der Waals surface area (Å²) < 4.78 is 5.06. The summed E-state index contributed by atoms with van der Waals surface area (Å²) in [4.78, 5) is 0. The molecule has 0 unspecified atom stereocenters. The Kier molecular flexibility index (Phi) is 4.04. The second-order valence-corrected chi connectivity index (χ2v) is 4.80. The van der Waals surface area contributed by atoms with Crippen molar-refractivity contribution in [1.29, 1.82) is 0 Å². The Labute approximate surface area is 84.0 Å². The molecule has 0 bridgehead atoms. The topological polar surface area (TPSA) is 9.23 Å². The fourth-order valence-corrected chi connectivity index (χ4v) is 3.13. The standard InChI is InChI=1S/C10H19BrO/c1-9-6-10(7-9,8-11)4-3-5-12-2/h9H,3-8H2,1-2H3. The van der Waals surface area contributed by atoms with Crippen LogP contribution in [0.3, 0.4) is 0 Å². The van der Waals surface area contributed by atoms with Gasteiger partial charge in [-0.2, -0.15) is 0 Å². The zero-order valence-corrected chi connectivity index (χ0v) is 9.69. The molecule has 0 aromatic rings. The Morgan fingerprint density at radius 1 is 1.50 bits per heavy atom. The molecule has 2 heteroatoms. The molecule has 1 fully saturated rings. The van der Waals surface area contributed by atoms with E-state index in [4.69, 9.17) is 4.74 Å². The molecule has 1 aliphatic carbocycles. The van der Waals surface area contributed by atoms with E-state index in [1.54, 1.807) is 7.11 Å². The summed E-state index contributed by atoms with van der Waals surface area (Å²) in [6.07, 6.45) is 5.36. The van der Waals surface area contributed by atoms with Gasteiger partial charge < -0.3 is 4.74 Å². The lowest BCUT2D eigenvalue weighted by Crippen LogP contribution is -2.37. The average Bonchev–Trinajstić information content (AvgIpc) is 2.01. The zero-order chi connectivity index (χ0) is 9.03. The van der Waals surface area contributed by atoms with Crippen LogP contribution in [0.1, 0.15) is 32.6 Å². The molecule has 12 heavy (non-hydrogen) atoms. The van der Waals surface area contributed by atoms with Crippen LogP contribution in [-0.4, -0.2) is 19.0 Å². The summed E-state index contributed by atoms with van der Waals surface area (Å²) >= 11 is 3.62. The fourth-order valence-electron chi connectivity index (χ4n) is 2.39. The summed E-state index contributed by atoms with van der Waals surface area (Å²) in [5.74, 6) is 0.949. The highest BCUT2D eigenvalue weighted by Gasteiger charge is 2.40. The molecule has 0 saturated heterocycles. The van der Waals surface area contributed by atoms with Gasteiger partial charge in [0.25, 0.3) is 0 Å². The van der Waals surface area contributed by atoms with Crippen LogP contribution in [0.5, 0.6) is 0 Å². The van der Waals surface area contributed by atoms with E-state index in [0.29, 0.717) is 5.41 Å². The van der Waals surface area contributed by atoms with Crippen LogP contribution in [0.4, 0.5) is 0 Å². The number of hydrogen-bond donors (Lipinski definition) is 0. The third kappa shape index (κ3) is 2.46. The molecular formula is C10H19BrO. The second-order valence-electron chi connectivity index (χ2n) is 4.24. The average molecular weight is 235 g/mol. The van der Waals surface area contributed by atoms with Crippen molar-refractivity contribution in [3.63, 3.8) is 0 Å². The van der Waals surface area contributed by atoms with Crippen LogP contribution in [0.15, 0.2) is 0 Å². The van der Waals surface area contributed by atoms with E-state index in [1.807, 2.05) is 0 Å². The molecule has 1 saturated carbocycles. The largest absolute Gasteiger partial charge is 0.385 e. The molecule has 1 rings (SSSR count).